The van der Waals surface area contributed by atoms with Crippen LogP contribution in [0.2, 0.25) is 0 Å². The molecule has 1 rings (SSSR count). The summed E-state index contributed by atoms with van der Waals surface area (Å²) in [7, 11) is 0. The van der Waals surface area contributed by atoms with Crippen molar-refractivity contribution >= 4 is 5.96 Å². The number of ether oxygens (including phenoxy) is 1. The minimum Gasteiger partial charge on any atom is -0.494 e. The van der Waals surface area contributed by atoms with Crippen molar-refractivity contribution in [3.8, 4) is 5.75 Å². The summed E-state index contributed by atoms with van der Waals surface area (Å²) in [6, 6.07) is 9.82. The van der Waals surface area contributed by atoms with E-state index in [1.807, 2.05) is 30.3 Å². The maximum Gasteiger partial charge on any atom is 0.185 e. The minimum absolute atomic E-state index is 0.167. The van der Waals surface area contributed by atoms with Crippen molar-refractivity contribution in [3.63, 3.8) is 0 Å². The van der Waals surface area contributed by atoms with Gasteiger partial charge in [-0.05, 0) is 31.4 Å². The highest BCUT2D eigenvalue weighted by molar-refractivity contribution is 5.75. The zero-order valence-electron chi connectivity index (χ0n) is 9.43. The molecule has 0 aliphatic heterocycles. The van der Waals surface area contributed by atoms with E-state index >= 15 is 0 Å². The van der Waals surface area contributed by atoms with Crippen molar-refractivity contribution < 1.29 is 4.74 Å². The summed E-state index contributed by atoms with van der Waals surface area (Å²) in [6.07, 6.45) is 3.09. The van der Waals surface area contributed by atoms with Crippen LogP contribution in [-0.2, 0) is 0 Å². The number of nitrogens with zero attached hydrogens (tertiary/aromatic N) is 1. The Morgan fingerprint density at radius 2 is 1.81 bits per heavy atom. The van der Waals surface area contributed by atoms with Crippen molar-refractivity contribution in [1.82, 2.24) is 0 Å². The summed E-state index contributed by atoms with van der Waals surface area (Å²) in [5.74, 6) is 1.09. The maximum atomic E-state index is 5.55. The van der Waals surface area contributed by atoms with Crippen molar-refractivity contribution in [1.29, 1.82) is 0 Å². The predicted octanol–water partition coefficient (Wildman–Crippen LogP) is 1.51. The van der Waals surface area contributed by atoms with Crippen LogP contribution in [0, 0.1) is 0 Å². The first-order chi connectivity index (χ1) is 7.79. The Kier molecular flexibility index (Phi) is 5.84. The number of para-hydroxylation sites is 1. The molecule has 1 aromatic rings. The predicted molar refractivity (Wildman–Crippen MR) is 66.5 cm³/mol. The first-order valence-electron chi connectivity index (χ1n) is 5.52. The van der Waals surface area contributed by atoms with Crippen molar-refractivity contribution in [2.75, 3.05) is 13.2 Å². The van der Waals surface area contributed by atoms with Gasteiger partial charge in [0.2, 0.25) is 0 Å². The quantitative estimate of drug-likeness (QED) is 0.416. The molecular weight excluding hydrogens is 202 g/mol. The molecule has 0 fully saturated rings. The normalized spacial score (nSPS) is 9.75. The average Bonchev–Trinajstić information content (AvgIpc) is 2.29. The van der Waals surface area contributed by atoms with Gasteiger partial charge >= 0.3 is 0 Å². The van der Waals surface area contributed by atoms with E-state index in [-0.39, 0.29) is 5.96 Å². The van der Waals surface area contributed by atoms with E-state index in [0.717, 1.165) is 31.6 Å². The molecule has 0 bridgehead atoms. The average molecular weight is 221 g/mol. The summed E-state index contributed by atoms with van der Waals surface area (Å²) in [5, 5.41) is 0. The second-order valence-corrected chi connectivity index (χ2v) is 3.53. The highest BCUT2D eigenvalue weighted by atomic mass is 16.5. The number of nitrogens with two attached hydrogens (primary N) is 2. The molecule has 0 spiro atoms. The Morgan fingerprint density at radius 1 is 1.06 bits per heavy atom. The Morgan fingerprint density at radius 3 is 2.50 bits per heavy atom. The van der Waals surface area contributed by atoms with Crippen LogP contribution in [0.25, 0.3) is 0 Å². The largest absolute Gasteiger partial charge is 0.494 e. The van der Waals surface area contributed by atoms with Gasteiger partial charge in [0.15, 0.2) is 5.96 Å². The highest BCUT2D eigenvalue weighted by Gasteiger charge is 1.92. The smallest absolute Gasteiger partial charge is 0.185 e. The number of aliphatic imine (C=N–C) groups is 1. The van der Waals surface area contributed by atoms with E-state index in [1.165, 1.54) is 0 Å². The molecule has 1 aromatic carbocycles. The molecule has 4 nitrogen and oxygen atoms in total. The van der Waals surface area contributed by atoms with E-state index in [4.69, 9.17) is 16.2 Å². The Hall–Kier alpha value is -1.71. The summed E-state index contributed by atoms with van der Waals surface area (Å²) in [5.41, 5.74) is 10.4. The molecular formula is C12H19N3O. The van der Waals surface area contributed by atoms with Crippen molar-refractivity contribution in [3.05, 3.63) is 30.3 Å². The maximum absolute atomic E-state index is 5.55. The van der Waals surface area contributed by atoms with Crippen molar-refractivity contribution in [2.24, 2.45) is 16.5 Å². The van der Waals surface area contributed by atoms with Crippen LogP contribution in [0.4, 0.5) is 0 Å². The van der Waals surface area contributed by atoms with Gasteiger partial charge in [-0.2, -0.15) is 0 Å². The molecule has 0 aliphatic carbocycles. The fraction of sp³-hybridized carbons (Fsp3) is 0.417. The molecule has 4 heteroatoms. The second kappa shape index (κ2) is 7.56. The molecule has 0 heterocycles. The third-order valence-corrected chi connectivity index (χ3v) is 2.11. The summed E-state index contributed by atoms with van der Waals surface area (Å²) < 4.78 is 5.55. The number of hydrogen-bond donors (Lipinski definition) is 2. The van der Waals surface area contributed by atoms with Gasteiger partial charge in [-0.1, -0.05) is 18.2 Å². The topological polar surface area (TPSA) is 73.6 Å². The van der Waals surface area contributed by atoms with Gasteiger partial charge in [0.1, 0.15) is 5.75 Å². The second-order valence-electron chi connectivity index (χ2n) is 3.53. The fourth-order valence-electron chi connectivity index (χ4n) is 1.31. The van der Waals surface area contributed by atoms with Gasteiger partial charge in [-0.25, -0.2) is 0 Å². The van der Waals surface area contributed by atoms with Gasteiger partial charge < -0.3 is 16.2 Å². The van der Waals surface area contributed by atoms with E-state index in [9.17, 15) is 0 Å². The number of guanidine groups is 1. The molecule has 0 aromatic heterocycles. The van der Waals surface area contributed by atoms with E-state index < -0.39 is 0 Å². The zero-order chi connectivity index (χ0) is 11.6. The zero-order valence-corrected chi connectivity index (χ0v) is 9.43. The standard InChI is InChI=1S/C12H19N3O/c13-12(14)15-9-5-2-6-10-16-11-7-3-1-4-8-11/h1,3-4,7-8H,2,5-6,9-10H2,(H4,13,14,15). The molecule has 0 aliphatic rings. The lowest BCUT2D eigenvalue weighted by atomic mass is 10.2. The van der Waals surface area contributed by atoms with Crippen LogP contribution in [0.5, 0.6) is 5.75 Å². The van der Waals surface area contributed by atoms with Crippen LogP contribution in [0.15, 0.2) is 35.3 Å². The monoisotopic (exact) mass is 221 g/mol. The Bertz CT molecular complexity index is 307. The van der Waals surface area contributed by atoms with E-state index in [1.54, 1.807) is 0 Å². The van der Waals surface area contributed by atoms with Gasteiger partial charge in [-0.15, -0.1) is 0 Å². The number of rotatable bonds is 7. The fourth-order valence-corrected chi connectivity index (χ4v) is 1.31. The number of unbranched alkanes of at least 4 members (excludes halogenated alkanes) is 2. The van der Waals surface area contributed by atoms with E-state index in [2.05, 4.69) is 4.99 Å². The lowest BCUT2D eigenvalue weighted by Gasteiger charge is -2.04. The lowest BCUT2D eigenvalue weighted by Crippen LogP contribution is -2.22. The SMILES string of the molecule is NC(N)=NCCCCCOc1ccccc1. The lowest BCUT2D eigenvalue weighted by molar-refractivity contribution is 0.305. The molecule has 0 saturated heterocycles. The summed E-state index contributed by atoms with van der Waals surface area (Å²) in [6.45, 7) is 1.44. The molecule has 16 heavy (non-hydrogen) atoms. The first kappa shape index (κ1) is 12.4. The molecule has 0 amide bonds. The molecule has 0 atom stereocenters. The van der Waals surface area contributed by atoms with Crippen molar-refractivity contribution in [2.45, 2.75) is 19.3 Å². The van der Waals surface area contributed by atoms with E-state index in [0.29, 0.717) is 6.54 Å². The van der Waals surface area contributed by atoms with Crippen LogP contribution in [-0.4, -0.2) is 19.1 Å². The van der Waals surface area contributed by atoms with Crippen LogP contribution < -0.4 is 16.2 Å². The summed E-state index contributed by atoms with van der Waals surface area (Å²) in [4.78, 5) is 3.91. The van der Waals surface area contributed by atoms with Gasteiger partial charge in [0.25, 0.3) is 0 Å². The molecule has 4 N–H and O–H groups in total. The highest BCUT2D eigenvalue weighted by Crippen LogP contribution is 2.09. The minimum atomic E-state index is 0.167. The van der Waals surface area contributed by atoms with Crippen LogP contribution in [0.3, 0.4) is 0 Å². The van der Waals surface area contributed by atoms with Gasteiger partial charge in [0.05, 0.1) is 6.61 Å². The van der Waals surface area contributed by atoms with Crippen LogP contribution >= 0.6 is 0 Å². The Balaban J connectivity index is 1.98. The van der Waals surface area contributed by atoms with Gasteiger partial charge in [0, 0.05) is 6.54 Å². The molecule has 0 radical (unpaired) electrons. The molecule has 0 saturated carbocycles. The third kappa shape index (κ3) is 5.90. The third-order valence-electron chi connectivity index (χ3n) is 2.11. The van der Waals surface area contributed by atoms with Crippen LogP contribution in [0.1, 0.15) is 19.3 Å². The molecule has 0 unspecified atom stereocenters. The Labute approximate surface area is 96.3 Å². The first-order valence-corrected chi connectivity index (χ1v) is 5.52. The number of hydrogen-bond acceptors (Lipinski definition) is 2. The van der Waals surface area contributed by atoms with Gasteiger partial charge in [-0.3, -0.25) is 4.99 Å². The molecule has 88 valence electrons. The summed E-state index contributed by atoms with van der Waals surface area (Å²) >= 11 is 0. The number of benzene rings is 1.